The highest BCUT2D eigenvalue weighted by molar-refractivity contribution is 6.30. The zero-order valence-electron chi connectivity index (χ0n) is 13.5. The van der Waals surface area contributed by atoms with Gasteiger partial charge in [0.1, 0.15) is 18.2 Å². The Morgan fingerprint density at radius 2 is 1.78 bits per heavy atom. The molecule has 0 heterocycles. The molecule has 0 saturated carbocycles. The Labute approximate surface area is 148 Å². The zero-order chi connectivity index (χ0) is 16.2. The van der Waals surface area contributed by atoms with Crippen LogP contribution in [-0.2, 0) is 13.2 Å². The van der Waals surface area contributed by atoms with Crippen LogP contribution in [0.3, 0.4) is 0 Å². The first kappa shape index (κ1) is 19.8. The molecule has 0 aliphatic rings. The molecule has 126 valence electrons. The molecule has 0 fully saturated rings. The highest BCUT2D eigenvalue weighted by Crippen LogP contribution is 2.24. The lowest BCUT2D eigenvalue weighted by molar-refractivity contribution is 0.294. The number of nitrogens with one attached hydrogen (secondary N) is 1. The Balaban J connectivity index is 0.00000264. The molecule has 2 nitrogen and oxygen atoms in total. The van der Waals surface area contributed by atoms with Gasteiger partial charge >= 0.3 is 0 Å². The maximum Gasteiger partial charge on any atom is 0.129 e. The lowest BCUT2D eigenvalue weighted by Crippen LogP contribution is -2.35. The van der Waals surface area contributed by atoms with Crippen LogP contribution < -0.4 is 10.1 Å². The molecular formula is C18H22Cl2FNO. The van der Waals surface area contributed by atoms with Gasteiger partial charge in [0, 0.05) is 28.2 Å². The highest BCUT2D eigenvalue weighted by Gasteiger charge is 2.12. The summed E-state index contributed by atoms with van der Waals surface area (Å²) < 4.78 is 19.4. The molecular weight excluding hydrogens is 336 g/mol. The molecule has 0 aliphatic heterocycles. The Hall–Kier alpha value is -1.29. The average molecular weight is 358 g/mol. The number of halogens is 3. The van der Waals surface area contributed by atoms with Gasteiger partial charge in [0.15, 0.2) is 0 Å². The molecule has 0 aliphatic carbocycles. The van der Waals surface area contributed by atoms with Gasteiger partial charge in [-0.1, -0.05) is 29.8 Å². The molecule has 0 aromatic heterocycles. The van der Waals surface area contributed by atoms with Crippen molar-refractivity contribution in [1.29, 1.82) is 0 Å². The van der Waals surface area contributed by atoms with E-state index in [2.05, 4.69) is 26.1 Å². The molecule has 0 saturated heterocycles. The molecule has 0 amide bonds. The van der Waals surface area contributed by atoms with E-state index in [1.165, 1.54) is 6.07 Å². The highest BCUT2D eigenvalue weighted by atomic mass is 35.5. The van der Waals surface area contributed by atoms with Gasteiger partial charge in [0.2, 0.25) is 0 Å². The fourth-order valence-electron chi connectivity index (χ4n) is 1.96. The van der Waals surface area contributed by atoms with Gasteiger partial charge in [-0.3, -0.25) is 0 Å². The van der Waals surface area contributed by atoms with E-state index in [0.29, 0.717) is 22.9 Å². The Morgan fingerprint density at radius 3 is 2.43 bits per heavy atom. The minimum absolute atomic E-state index is 0. The third kappa shape index (κ3) is 6.38. The van der Waals surface area contributed by atoms with Gasteiger partial charge in [-0.05, 0) is 45.0 Å². The predicted octanol–water partition coefficient (Wildman–Crippen LogP) is 5.37. The predicted molar refractivity (Wildman–Crippen MR) is 96.0 cm³/mol. The fourth-order valence-corrected chi connectivity index (χ4v) is 2.15. The van der Waals surface area contributed by atoms with E-state index in [4.69, 9.17) is 16.3 Å². The van der Waals surface area contributed by atoms with Crippen molar-refractivity contribution in [3.63, 3.8) is 0 Å². The van der Waals surface area contributed by atoms with Gasteiger partial charge in [0.25, 0.3) is 0 Å². The van der Waals surface area contributed by atoms with Crippen LogP contribution in [0.15, 0.2) is 42.5 Å². The van der Waals surface area contributed by atoms with Gasteiger partial charge in [-0.2, -0.15) is 0 Å². The van der Waals surface area contributed by atoms with Crippen LogP contribution in [0.4, 0.5) is 4.39 Å². The number of hydrogen-bond acceptors (Lipinski definition) is 2. The Morgan fingerprint density at radius 1 is 1.09 bits per heavy atom. The zero-order valence-corrected chi connectivity index (χ0v) is 15.1. The first-order valence-electron chi connectivity index (χ1n) is 7.25. The SMILES string of the molecule is CC(C)(C)NCc1cc(Cl)ccc1OCc1ccccc1F.Cl. The maximum absolute atomic E-state index is 13.6. The molecule has 0 bridgehead atoms. The van der Waals surface area contributed by atoms with Crippen molar-refractivity contribution in [2.24, 2.45) is 0 Å². The van der Waals surface area contributed by atoms with E-state index in [-0.39, 0.29) is 30.4 Å². The van der Waals surface area contributed by atoms with Crippen LogP contribution in [-0.4, -0.2) is 5.54 Å². The van der Waals surface area contributed by atoms with Crippen molar-refractivity contribution >= 4 is 24.0 Å². The number of ether oxygens (including phenoxy) is 1. The van der Waals surface area contributed by atoms with Crippen LogP contribution >= 0.6 is 24.0 Å². The summed E-state index contributed by atoms with van der Waals surface area (Å²) in [5.74, 6) is 0.454. The summed E-state index contributed by atoms with van der Waals surface area (Å²) >= 11 is 6.07. The first-order valence-corrected chi connectivity index (χ1v) is 7.62. The number of rotatable bonds is 5. The van der Waals surface area contributed by atoms with Crippen molar-refractivity contribution in [1.82, 2.24) is 5.32 Å². The van der Waals surface area contributed by atoms with Crippen LogP contribution in [0.5, 0.6) is 5.75 Å². The third-order valence-electron chi connectivity index (χ3n) is 3.17. The average Bonchev–Trinajstić information content (AvgIpc) is 2.45. The second-order valence-corrected chi connectivity index (χ2v) is 6.67. The standard InChI is InChI=1S/C18H21ClFNO.ClH/c1-18(2,3)21-11-14-10-15(19)8-9-17(14)22-12-13-6-4-5-7-16(13)20;/h4-10,21H,11-12H2,1-3H3;1H. The normalized spacial score (nSPS) is 11.0. The second kappa shape index (κ2) is 8.53. The van der Waals surface area contributed by atoms with E-state index < -0.39 is 0 Å². The monoisotopic (exact) mass is 357 g/mol. The van der Waals surface area contributed by atoms with E-state index >= 15 is 0 Å². The third-order valence-corrected chi connectivity index (χ3v) is 3.41. The van der Waals surface area contributed by atoms with E-state index in [0.717, 1.165) is 5.56 Å². The molecule has 1 N–H and O–H groups in total. The minimum Gasteiger partial charge on any atom is -0.488 e. The summed E-state index contributed by atoms with van der Waals surface area (Å²) in [6, 6.07) is 12.1. The molecule has 0 radical (unpaired) electrons. The molecule has 2 rings (SSSR count). The van der Waals surface area contributed by atoms with Gasteiger partial charge in [-0.15, -0.1) is 12.4 Å². The van der Waals surface area contributed by atoms with Gasteiger partial charge in [0.05, 0.1) is 0 Å². The van der Waals surface area contributed by atoms with Crippen LogP contribution in [0, 0.1) is 5.82 Å². The van der Waals surface area contributed by atoms with Crippen LogP contribution in [0.1, 0.15) is 31.9 Å². The topological polar surface area (TPSA) is 21.3 Å². The fraction of sp³-hybridized carbons (Fsp3) is 0.333. The summed E-state index contributed by atoms with van der Waals surface area (Å²) in [4.78, 5) is 0. The lowest BCUT2D eigenvalue weighted by atomic mass is 10.1. The van der Waals surface area contributed by atoms with Crippen molar-refractivity contribution in [2.75, 3.05) is 0 Å². The Bertz CT molecular complexity index is 641. The summed E-state index contributed by atoms with van der Waals surface area (Å²) in [7, 11) is 0. The van der Waals surface area contributed by atoms with Gasteiger partial charge in [-0.25, -0.2) is 4.39 Å². The minimum atomic E-state index is -0.258. The lowest BCUT2D eigenvalue weighted by Gasteiger charge is -2.22. The summed E-state index contributed by atoms with van der Waals surface area (Å²) in [6.45, 7) is 7.11. The smallest absolute Gasteiger partial charge is 0.129 e. The van der Waals surface area contributed by atoms with Gasteiger partial charge < -0.3 is 10.1 Å². The van der Waals surface area contributed by atoms with E-state index in [9.17, 15) is 4.39 Å². The van der Waals surface area contributed by atoms with Crippen molar-refractivity contribution in [3.8, 4) is 5.75 Å². The molecule has 2 aromatic rings. The molecule has 0 spiro atoms. The van der Waals surface area contributed by atoms with Crippen LogP contribution in [0.2, 0.25) is 5.02 Å². The molecule has 0 unspecified atom stereocenters. The number of benzene rings is 2. The van der Waals surface area contributed by atoms with Crippen molar-refractivity contribution in [2.45, 2.75) is 39.5 Å². The van der Waals surface area contributed by atoms with E-state index in [1.807, 2.05) is 12.1 Å². The number of hydrogen-bond donors (Lipinski definition) is 1. The summed E-state index contributed by atoms with van der Waals surface area (Å²) in [6.07, 6.45) is 0. The largest absolute Gasteiger partial charge is 0.488 e. The molecule has 0 atom stereocenters. The molecule has 2 aromatic carbocycles. The summed E-state index contributed by atoms with van der Waals surface area (Å²) in [5, 5.41) is 4.06. The first-order chi connectivity index (χ1) is 10.3. The van der Waals surface area contributed by atoms with Crippen molar-refractivity contribution in [3.05, 3.63) is 64.4 Å². The second-order valence-electron chi connectivity index (χ2n) is 6.24. The Kier molecular flexibility index (Phi) is 7.33. The summed E-state index contributed by atoms with van der Waals surface area (Å²) in [5.41, 5.74) is 1.48. The van der Waals surface area contributed by atoms with Crippen LogP contribution in [0.25, 0.3) is 0 Å². The quantitative estimate of drug-likeness (QED) is 0.776. The van der Waals surface area contributed by atoms with E-state index in [1.54, 1.807) is 24.3 Å². The van der Waals surface area contributed by atoms with Crippen molar-refractivity contribution < 1.29 is 9.13 Å². The molecule has 23 heavy (non-hydrogen) atoms. The maximum atomic E-state index is 13.6. The molecule has 5 heteroatoms.